The van der Waals surface area contributed by atoms with Crippen LogP contribution in [0.5, 0.6) is 0 Å². The van der Waals surface area contributed by atoms with Gasteiger partial charge in [-0.15, -0.1) is 0 Å². The number of morpholine rings is 1. The van der Waals surface area contributed by atoms with Gasteiger partial charge in [-0.1, -0.05) is 20.8 Å². The molecule has 2 aromatic rings. The molecule has 1 unspecified atom stereocenters. The van der Waals surface area contributed by atoms with Crippen LogP contribution in [0.1, 0.15) is 37.9 Å². The molecule has 1 fully saturated rings. The number of carbonyl (C=O) groups is 1. The van der Waals surface area contributed by atoms with Gasteiger partial charge >= 0.3 is 6.09 Å². The molecule has 1 saturated heterocycles. The van der Waals surface area contributed by atoms with Gasteiger partial charge in [0.25, 0.3) is 0 Å². The fourth-order valence-corrected chi connectivity index (χ4v) is 4.17. The molecule has 1 amide bonds. The Balaban J connectivity index is 1.90. The Morgan fingerprint density at radius 3 is 2.43 bits per heavy atom. The average Bonchev–Trinajstić information content (AvgIpc) is 2.72. The van der Waals surface area contributed by atoms with Crippen LogP contribution in [0.25, 0.3) is 11.4 Å². The summed E-state index contributed by atoms with van der Waals surface area (Å²) in [6, 6.07) is 7.46. The number of anilines is 2. The summed E-state index contributed by atoms with van der Waals surface area (Å²) in [6.07, 6.45) is -0.921. The lowest BCUT2D eigenvalue weighted by Crippen LogP contribution is -2.44. The highest BCUT2D eigenvalue weighted by atomic mass is 16.5. The standard InChI is InChI=1S/C22H29N5O3/c1-22(2,3)16-12-27(21(28)29)13-17-18(16)20(26-8-10-30-11-9-26)25-19(24-17)14-4-6-15(23)7-5-14/h4-7,16H,8-13,23H2,1-3H3,(H,28,29). The highest BCUT2D eigenvalue weighted by molar-refractivity contribution is 5.68. The van der Waals surface area contributed by atoms with Crippen molar-refractivity contribution in [3.8, 4) is 11.4 Å². The summed E-state index contributed by atoms with van der Waals surface area (Å²) in [5, 5.41) is 9.72. The molecule has 0 bridgehead atoms. The minimum Gasteiger partial charge on any atom is -0.465 e. The summed E-state index contributed by atoms with van der Waals surface area (Å²) in [4.78, 5) is 25.4. The number of benzene rings is 1. The Morgan fingerprint density at radius 2 is 1.83 bits per heavy atom. The number of rotatable bonds is 2. The molecule has 8 nitrogen and oxygen atoms in total. The number of carboxylic acid groups (broad SMARTS) is 1. The molecule has 3 heterocycles. The molecular weight excluding hydrogens is 382 g/mol. The summed E-state index contributed by atoms with van der Waals surface area (Å²) in [5.74, 6) is 1.49. The van der Waals surface area contributed by atoms with Crippen LogP contribution >= 0.6 is 0 Å². The molecule has 0 aliphatic carbocycles. The first-order valence-electron chi connectivity index (χ1n) is 10.3. The third kappa shape index (κ3) is 3.92. The fourth-order valence-electron chi connectivity index (χ4n) is 4.17. The van der Waals surface area contributed by atoms with Crippen molar-refractivity contribution in [2.75, 3.05) is 43.5 Å². The molecule has 8 heteroatoms. The molecular formula is C22H29N5O3. The van der Waals surface area contributed by atoms with Crippen LogP contribution in [0, 0.1) is 5.41 Å². The topological polar surface area (TPSA) is 105 Å². The fraction of sp³-hybridized carbons (Fsp3) is 0.500. The number of fused-ring (bicyclic) bond motifs is 1. The van der Waals surface area contributed by atoms with Gasteiger partial charge in [0.2, 0.25) is 0 Å². The zero-order valence-electron chi connectivity index (χ0n) is 17.8. The summed E-state index contributed by atoms with van der Waals surface area (Å²) < 4.78 is 5.55. The summed E-state index contributed by atoms with van der Waals surface area (Å²) in [7, 11) is 0. The highest BCUT2D eigenvalue weighted by Crippen LogP contribution is 2.44. The molecule has 30 heavy (non-hydrogen) atoms. The number of ether oxygens (including phenoxy) is 1. The molecule has 2 aliphatic rings. The minimum absolute atomic E-state index is 0.00402. The van der Waals surface area contributed by atoms with Crippen molar-refractivity contribution >= 4 is 17.6 Å². The Hall–Kier alpha value is -2.87. The van der Waals surface area contributed by atoms with Crippen molar-refractivity contribution in [2.45, 2.75) is 33.2 Å². The van der Waals surface area contributed by atoms with E-state index in [1.807, 2.05) is 24.3 Å². The van der Waals surface area contributed by atoms with E-state index >= 15 is 0 Å². The summed E-state index contributed by atoms with van der Waals surface area (Å²) >= 11 is 0. The van der Waals surface area contributed by atoms with Gasteiger partial charge in [-0.05, 0) is 29.7 Å². The van der Waals surface area contributed by atoms with Crippen LogP contribution in [0.2, 0.25) is 0 Å². The molecule has 4 rings (SSSR count). The second-order valence-corrected chi connectivity index (χ2v) is 9.03. The number of hydrogen-bond donors (Lipinski definition) is 2. The maximum Gasteiger partial charge on any atom is 0.407 e. The third-order valence-corrected chi connectivity index (χ3v) is 5.89. The van der Waals surface area contributed by atoms with E-state index in [-0.39, 0.29) is 17.9 Å². The maximum atomic E-state index is 11.9. The van der Waals surface area contributed by atoms with Gasteiger partial charge < -0.3 is 25.4 Å². The quantitative estimate of drug-likeness (QED) is 0.731. The number of aromatic nitrogens is 2. The lowest BCUT2D eigenvalue weighted by molar-refractivity contribution is 0.117. The summed E-state index contributed by atoms with van der Waals surface area (Å²) in [6.45, 7) is 9.94. The van der Waals surface area contributed by atoms with Crippen LogP contribution in [-0.4, -0.2) is 58.9 Å². The lowest BCUT2D eigenvalue weighted by atomic mass is 9.74. The van der Waals surface area contributed by atoms with E-state index in [1.165, 1.54) is 4.90 Å². The van der Waals surface area contributed by atoms with E-state index in [1.54, 1.807) is 0 Å². The van der Waals surface area contributed by atoms with E-state index in [0.29, 0.717) is 31.3 Å². The SMILES string of the molecule is CC(C)(C)C1CN(C(=O)O)Cc2nc(-c3ccc(N)cc3)nc(N3CCOCC3)c21. The molecule has 1 atom stereocenters. The summed E-state index contributed by atoms with van der Waals surface area (Å²) in [5.41, 5.74) is 9.10. The zero-order valence-corrected chi connectivity index (χ0v) is 17.8. The molecule has 1 aromatic carbocycles. The van der Waals surface area contributed by atoms with Crippen LogP contribution in [0.15, 0.2) is 24.3 Å². The van der Waals surface area contributed by atoms with Gasteiger partial charge in [0.1, 0.15) is 5.82 Å². The van der Waals surface area contributed by atoms with Crippen LogP contribution in [0.4, 0.5) is 16.3 Å². The zero-order chi connectivity index (χ0) is 21.5. The number of nitrogen functional groups attached to an aromatic ring is 1. The first-order chi connectivity index (χ1) is 14.2. The third-order valence-electron chi connectivity index (χ3n) is 5.89. The predicted octanol–water partition coefficient (Wildman–Crippen LogP) is 3.19. The van der Waals surface area contributed by atoms with Crippen molar-refractivity contribution in [3.05, 3.63) is 35.5 Å². The first kappa shape index (κ1) is 20.4. The Bertz CT molecular complexity index is 933. The Morgan fingerprint density at radius 1 is 1.17 bits per heavy atom. The van der Waals surface area contributed by atoms with E-state index in [9.17, 15) is 9.90 Å². The normalized spacial score (nSPS) is 19.5. The largest absolute Gasteiger partial charge is 0.465 e. The number of amides is 1. The van der Waals surface area contributed by atoms with Gasteiger partial charge in [0.15, 0.2) is 5.82 Å². The molecule has 2 aliphatic heterocycles. The first-order valence-corrected chi connectivity index (χ1v) is 10.3. The Kier molecular flexibility index (Phi) is 5.27. The van der Waals surface area contributed by atoms with Crippen molar-refractivity contribution < 1.29 is 14.6 Å². The molecule has 160 valence electrons. The van der Waals surface area contributed by atoms with E-state index in [2.05, 4.69) is 25.7 Å². The van der Waals surface area contributed by atoms with Crippen LogP contribution < -0.4 is 10.6 Å². The van der Waals surface area contributed by atoms with E-state index in [0.717, 1.165) is 35.7 Å². The number of nitrogens with two attached hydrogens (primary N) is 1. The van der Waals surface area contributed by atoms with Gasteiger partial charge in [-0.25, -0.2) is 14.8 Å². The average molecular weight is 412 g/mol. The highest BCUT2D eigenvalue weighted by Gasteiger charge is 2.40. The number of nitrogens with zero attached hydrogens (tertiary/aromatic N) is 4. The minimum atomic E-state index is -0.921. The van der Waals surface area contributed by atoms with Crippen molar-refractivity contribution in [1.29, 1.82) is 0 Å². The lowest BCUT2D eigenvalue weighted by Gasteiger charge is -2.42. The number of hydrogen-bond acceptors (Lipinski definition) is 6. The molecule has 0 spiro atoms. The molecule has 1 aromatic heterocycles. The van der Waals surface area contributed by atoms with Crippen molar-refractivity contribution in [3.63, 3.8) is 0 Å². The van der Waals surface area contributed by atoms with Crippen molar-refractivity contribution in [2.24, 2.45) is 5.41 Å². The van der Waals surface area contributed by atoms with Crippen molar-refractivity contribution in [1.82, 2.24) is 14.9 Å². The van der Waals surface area contributed by atoms with Crippen LogP contribution in [-0.2, 0) is 11.3 Å². The monoisotopic (exact) mass is 411 g/mol. The predicted molar refractivity (Wildman–Crippen MR) is 116 cm³/mol. The molecule has 3 N–H and O–H groups in total. The van der Waals surface area contributed by atoms with E-state index in [4.69, 9.17) is 20.4 Å². The second kappa shape index (κ2) is 7.75. The van der Waals surface area contributed by atoms with Crippen LogP contribution in [0.3, 0.4) is 0 Å². The van der Waals surface area contributed by atoms with Gasteiger partial charge in [0, 0.05) is 42.4 Å². The van der Waals surface area contributed by atoms with Gasteiger partial charge in [-0.3, -0.25) is 0 Å². The van der Waals surface area contributed by atoms with Gasteiger partial charge in [0.05, 0.1) is 25.5 Å². The second-order valence-electron chi connectivity index (χ2n) is 9.03. The maximum absolute atomic E-state index is 11.9. The van der Waals surface area contributed by atoms with Gasteiger partial charge in [-0.2, -0.15) is 0 Å². The smallest absolute Gasteiger partial charge is 0.407 e. The van der Waals surface area contributed by atoms with E-state index < -0.39 is 6.09 Å². The molecule has 0 saturated carbocycles. The molecule has 0 radical (unpaired) electrons. The Labute approximate surface area is 176 Å².